The van der Waals surface area contributed by atoms with Gasteiger partial charge in [0.05, 0.1) is 29.0 Å². The highest BCUT2D eigenvalue weighted by atomic mass is 19.1. The molecule has 4 heterocycles. The molecule has 0 radical (unpaired) electrons. The summed E-state index contributed by atoms with van der Waals surface area (Å²) in [5.74, 6) is 0.962. The number of fused-ring (bicyclic) bond motifs is 3. The van der Waals surface area contributed by atoms with Crippen molar-refractivity contribution in [2.75, 3.05) is 30.4 Å². The van der Waals surface area contributed by atoms with Gasteiger partial charge in [-0.15, -0.1) is 0 Å². The van der Waals surface area contributed by atoms with Crippen LogP contribution < -0.4 is 20.7 Å². The van der Waals surface area contributed by atoms with E-state index < -0.39 is 0 Å². The van der Waals surface area contributed by atoms with Gasteiger partial charge in [0.25, 0.3) is 0 Å². The fraction of sp³-hybridized carbons (Fsp3) is 0.364. The number of nitrogens with one attached hydrogen (secondary N) is 2. The van der Waals surface area contributed by atoms with Crippen LogP contribution in [0, 0.1) is 11.2 Å². The number of aliphatic hydroxyl groups excluding tert-OH is 1. The summed E-state index contributed by atoms with van der Waals surface area (Å²) in [4.78, 5) is 22.8. The molecule has 1 aliphatic carbocycles. The molecule has 1 aromatic carbocycles. The number of aromatic amines is 1. The normalized spacial score (nSPS) is 19.0. The maximum atomic E-state index is 14.4. The van der Waals surface area contributed by atoms with Crippen LogP contribution in [0.15, 0.2) is 24.5 Å². The molecule has 0 unspecified atom stereocenters. The molecule has 33 heavy (non-hydrogen) atoms. The summed E-state index contributed by atoms with van der Waals surface area (Å²) in [6.07, 6.45) is 5.05. The van der Waals surface area contributed by atoms with Crippen molar-refractivity contribution in [1.82, 2.24) is 24.9 Å². The Balaban J connectivity index is 1.47. The van der Waals surface area contributed by atoms with Gasteiger partial charge in [0.15, 0.2) is 11.6 Å². The first-order valence-corrected chi connectivity index (χ1v) is 10.8. The highest BCUT2D eigenvalue weighted by molar-refractivity contribution is 6.14. The van der Waals surface area contributed by atoms with Gasteiger partial charge in [-0.2, -0.15) is 9.97 Å². The molecule has 2 fully saturated rings. The van der Waals surface area contributed by atoms with E-state index in [0.717, 1.165) is 36.8 Å². The van der Waals surface area contributed by atoms with Crippen molar-refractivity contribution >= 4 is 33.4 Å². The molecular weight excluding hydrogens is 427 g/mol. The Bertz CT molecular complexity index is 1370. The van der Waals surface area contributed by atoms with Gasteiger partial charge < -0.3 is 30.8 Å². The van der Waals surface area contributed by atoms with Gasteiger partial charge >= 0.3 is 6.01 Å². The number of hydrogen-bond donors (Lipinski definition) is 4. The lowest BCUT2D eigenvalue weighted by Crippen LogP contribution is -2.69. The predicted octanol–water partition coefficient (Wildman–Crippen LogP) is 2.29. The number of aromatic nitrogens is 5. The molecule has 10 nitrogen and oxygen atoms in total. The van der Waals surface area contributed by atoms with Crippen LogP contribution in [0.1, 0.15) is 18.7 Å². The Morgan fingerprint density at radius 3 is 2.73 bits per heavy atom. The van der Waals surface area contributed by atoms with Gasteiger partial charge in [-0.3, -0.25) is 0 Å². The number of H-pyrrole nitrogens is 1. The highest BCUT2D eigenvalue weighted by Crippen LogP contribution is 2.50. The Kier molecular flexibility index (Phi) is 4.39. The van der Waals surface area contributed by atoms with Gasteiger partial charge in [-0.1, -0.05) is 0 Å². The maximum Gasteiger partial charge on any atom is 0.326 e. The maximum absolute atomic E-state index is 14.4. The summed E-state index contributed by atoms with van der Waals surface area (Å²) < 4.78 is 20.2. The van der Waals surface area contributed by atoms with Crippen LogP contribution >= 0.6 is 0 Å². The molecule has 0 bridgehead atoms. The number of nitrogens with two attached hydrogens (primary N) is 1. The third-order valence-corrected chi connectivity index (χ3v) is 6.84. The summed E-state index contributed by atoms with van der Waals surface area (Å²) in [6.45, 7) is 1.31. The van der Waals surface area contributed by atoms with Crippen molar-refractivity contribution in [2.24, 2.45) is 11.1 Å². The topological polar surface area (TPSA) is 138 Å². The number of nitrogens with zero attached hydrogens (tertiary/aromatic N) is 5. The quantitative estimate of drug-likeness (QED) is 0.361. The van der Waals surface area contributed by atoms with Crippen LogP contribution in [0.2, 0.25) is 0 Å². The minimum Gasteiger partial charge on any atom is -0.421 e. The van der Waals surface area contributed by atoms with E-state index in [4.69, 9.17) is 20.6 Å². The first-order valence-electron chi connectivity index (χ1n) is 10.8. The Morgan fingerprint density at radius 2 is 2.09 bits per heavy atom. The second-order valence-electron chi connectivity index (χ2n) is 8.76. The SMILES string of the molecule is CNc1cc(F)cc2c1[nH]c1nc(Oc3cnc(CO)nc3)nc(N3CC4(CC[C@H]4N)C3)c12. The van der Waals surface area contributed by atoms with Crippen LogP contribution in [0.3, 0.4) is 0 Å². The van der Waals surface area contributed by atoms with Crippen molar-refractivity contribution in [3.63, 3.8) is 0 Å². The molecule has 6 rings (SSSR count). The highest BCUT2D eigenvalue weighted by Gasteiger charge is 2.53. The average Bonchev–Trinajstić information content (AvgIpc) is 3.15. The van der Waals surface area contributed by atoms with Gasteiger partial charge in [0.1, 0.15) is 23.9 Å². The average molecular weight is 450 g/mol. The first-order chi connectivity index (χ1) is 16.0. The summed E-state index contributed by atoms with van der Waals surface area (Å²) in [6, 6.07) is 3.25. The molecule has 1 saturated carbocycles. The number of rotatable bonds is 5. The Morgan fingerprint density at radius 1 is 1.30 bits per heavy atom. The zero-order chi connectivity index (χ0) is 22.7. The summed E-state index contributed by atoms with van der Waals surface area (Å²) in [5, 5.41) is 13.6. The summed E-state index contributed by atoms with van der Waals surface area (Å²) in [5.41, 5.74) is 8.31. The lowest BCUT2D eigenvalue weighted by atomic mass is 9.60. The molecule has 1 saturated heterocycles. The number of ether oxygens (including phenoxy) is 1. The van der Waals surface area contributed by atoms with E-state index in [9.17, 15) is 4.39 Å². The van der Waals surface area contributed by atoms with Gasteiger partial charge in [-0.25, -0.2) is 14.4 Å². The molecule has 2 aliphatic rings. The molecule has 1 spiro atoms. The van der Waals surface area contributed by atoms with Crippen molar-refractivity contribution < 1.29 is 14.2 Å². The van der Waals surface area contributed by atoms with E-state index in [0.29, 0.717) is 34.1 Å². The molecule has 1 atom stereocenters. The fourth-order valence-electron chi connectivity index (χ4n) is 4.85. The van der Waals surface area contributed by atoms with Crippen molar-refractivity contribution in [3.8, 4) is 11.8 Å². The largest absolute Gasteiger partial charge is 0.421 e. The molecule has 170 valence electrons. The minimum atomic E-state index is -0.346. The van der Waals surface area contributed by atoms with Crippen LogP contribution in [0.5, 0.6) is 11.8 Å². The number of aliphatic hydroxyl groups is 1. The fourth-order valence-corrected chi connectivity index (χ4v) is 4.85. The standard InChI is InChI=1S/C22H23FN8O2/c1-25-14-5-11(23)4-13-17-19(28-18(13)14)29-21(33-12-6-26-16(8-32)27-7-12)30-20(17)31-9-22(10-31)3-2-15(22)24/h4-7,15,25,32H,2-3,8-10,24H2,1H3,(H,28,29,30)/t15-/m1/s1. The van der Waals surface area contributed by atoms with E-state index in [-0.39, 0.29) is 29.9 Å². The van der Waals surface area contributed by atoms with Crippen LogP contribution in [-0.4, -0.2) is 56.2 Å². The third kappa shape index (κ3) is 3.07. The molecular formula is C22H23FN8O2. The Labute approximate surface area is 188 Å². The van der Waals surface area contributed by atoms with Crippen molar-refractivity contribution in [1.29, 1.82) is 0 Å². The molecule has 1 aliphatic heterocycles. The second-order valence-corrected chi connectivity index (χ2v) is 8.76. The molecule has 0 amide bonds. The lowest BCUT2D eigenvalue weighted by Gasteiger charge is -2.60. The van der Waals surface area contributed by atoms with Gasteiger partial charge in [-0.05, 0) is 25.0 Å². The molecule has 4 aromatic rings. The van der Waals surface area contributed by atoms with E-state index in [1.165, 1.54) is 24.5 Å². The number of benzene rings is 1. The number of anilines is 2. The van der Waals surface area contributed by atoms with Crippen LogP contribution in [0.4, 0.5) is 15.9 Å². The van der Waals surface area contributed by atoms with E-state index in [1.807, 2.05) is 0 Å². The molecule has 5 N–H and O–H groups in total. The third-order valence-electron chi connectivity index (χ3n) is 6.84. The first kappa shape index (κ1) is 20.1. The van der Waals surface area contributed by atoms with Crippen molar-refractivity contribution in [3.05, 3.63) is 36.2 Å². The number of hydrogen-bond acceptors (Lipinski definition) is 9. The van der Waals surface area contributed by atoms with Gasteiger partial charge in [0.2, 0.25) is 0 Å². The van der Waals surface area contributed by atoms with Crippen molar-refractivity contribution in [2.45, 2.75) is 25.5 Å². The summed E-state index contributed by atoms with van der Waals surface area (Å²) >= 11 is 0. The van der Waals surface area contributed by atoms with E-state index in [1.54, 1.807) is 7.05 Å². The number of halogens is 1. The monoisotopic (exact) mass is 450 g/mol. The molecule has 3 aromatic heterocycles. The smallest absolute Gasteiger partial charge is 0.326 e. The predicted molar refractivity (Wildman–Crippen MR) is 121 cm³/mol. The second kappa shape index (κ2) is 7.22. The zero-order valence-electron chi connectivity index (χ0n) is 18.0. The Hall–Kier alpha value is -3.57. The van der Waals surface area contributed by atoms with Crippen LogP contribution in [-0.2, 0) is 6.61 Å². The molecule has 11 heteroatoms. The lowest BCUT2D eigenvalue weighted by molar-refractivity contribution is 0.0559. The van der Waals surface area contributed by atoms with Crippen LogP contribution in [0.25, 0.3) is 21.9 Å². The zero-order valence-corrected chi connectivity index (χ0v) is 18.0. The summed E-state index contributed by atoms with van der Waals surface area (Å²) in [7, 11) is 1.74. The van der Waals surface area contributed by atoms with E-state index >= 15 is 0 Å². The van der Waals surface area contributed by atoms with E-state index in [2.05, 4.69) is 30.2 Å². The van der Waals surface area contributed by atoms with Gasteiger partial charge in [0, 0.05) is 37.0 Å². The minimum absolute atomic E-state index is 0.120.